The molecular weight excluding hydrogens is 226 g/mol. The fourth-order valence-electron chi connectivity index (χ4n) is 1.89. The van der Waals surface area contributed by atoms with E-state index in [1.165, 1.54) is 5.56 Å². The number of hydrogen-bond acceptors (Lipinski definition) is 4. The van der Waals surface area contributed by atoms with Gasteiger partial charge in [-0.05, 0) is 25.5 Å². The Morgan fingerprint density at radius 2 is 2.17 bits per heavy atom. The van der Waals surface area contributed by atoms with Crippen LogP contribution in [0.1, 0.15) is 23.9 Å². The number of aromatic nitrogens is 3. The summed E-state index contributed by atoms with van der Waals surface area (Å²) in [6.07, 6.45) is 2.97. The van der Waals surface area contributed by atoms with E-state index in [1.54, 1.807) is 0 Å². The third-order valence-electron chi connectivity index (χ3n) is 2.91. The maximum absolute atomic E-state index is 5.74. The first kappa shape index (κ1) is 12.4. The van der Waals surface area contributed by atoms with Gasteiger partial charge in [-0.1, -0.05) is 6.92 Å². The second-order valence-corrected chi connectivity index (χ2v) is 4.35. The van der Waals surface area contributed by atoms with Gasteiger partial charge in [-0.3, -0.25) is 4.68 Å². The van der Waals surface area contributed by atoms with Crippen molar-refractivity contribution in [2.24, 2.45) is 7.05 Å². The van der Waals surface area contributed by atoms with Gasteiger partial charge in [-0.25, -0.2) is 4.98 Å². The Kier molecular flexibility index (Phi) is 3.50. The zero-order valence-corrected chi connectivity index (χ0v) is 11.1. The Labute approximate surface area is 107 Å². The number of nitrogens with two attached hydrogens (primary N) is 1. The number of nitrogens with one attached hydrogen (secondary N) is 1. The summed E-state index contributed by atoms with van der Waals surface area (Å²) in [5.41, 5.74) is 9.64. The molecule has 0 aliphatic carbocycles. The van der Waals surface area contributed by atoms with E-state index in [2.05, 4.69) is 22.3 Å². The molecule has 5 nitrogen and oxygen atoms in total. The lowest BCUT2D eigenvalue weighted by atomic mass is 10.2. The van der Waals surface area contributed by atoms with E-state index >= 15 is 0 Å². The van der Waals surface area contributed by atoms with E-state index in [0.29, 0.717) is 0 Å². The minimum atomic E-state index is 0.719. The second kappa shape index (κ2) is 5.08. The third-order valence-corrected chi connectivity index (χ3v) is 2.91. The summed E-state index contributed by atoms with van der Waals surface area (Å²) < 4.78 is 1.84. The van der Waals surface area contributed by atoms with Gasteiger partial charge >= 0.3 is 0 Å². The van der Waals surface area contributed by atoms with Crippen LogP contribution in [0.2, 0.25) is 0 Å². The molecule has 0 spiro atoms. The quantitative estimate of drug-likeness (QED) is 0.863. The van der Waals surface area contributed by atoms with E-state index in [4.69, 9.17) is 5.73 Å². The molecule has 0 saturated carbocycles. The fourth-order valence-corrected chi connectivity index (χ4v) is 1.89. The Bertz CT molecular complexity index is 544. The van der Waals surface area contributed by atoms with Gasteiger partial charge in [0.25, 0.3) is 0 Å². The molecule has 3 N–H and O–H groups in total. The summed E-state index contributed by atoms with van der Waals surface area (Å²) in [7, 11) is 1.94. The van der Waals surface area contributed by atoms with E-state index in [-0.39, 0.29) is 0 Å². The molecule has 96 valence electrons. The van der Waals surface area contributed by atoms with Crippen LogP contribution in [0.15, 0.2) is 18.3 Å². The van der Waals surface area contributed by atoms with Crippen LogP contribution >= 0.6 is 0 Å². The smallest absolute Gasteiger partial charge is 0.126 e. The monoisotopic (exact) mass is 245 g/mol. The van der Waals surface area contributed by atoms with Gasteiger partial charge < -0.3 is 11.1 Å². The Morgan fingerprint density at radius 3 is 2.83 bits per heavy atom. The van der Waals surface area contributed by atoms with Crippen molar-refractivity contribution in [2.75, 3.05) is 11.1 Å². The highest BCUT2D eigenvalue weighted by Gasteiger charge is 2.06. The van der Waals surface area contributed by atoms with Crippen LogP contribution in [0.5, 0.6) is 0 Å². The van der Waals surface area contributed by atoms with Gasteiger partial charge in [0.05, 0.1) is 17.1 Å². The van der Waals surface area contributed by atoms with E-state index in [9.17, 15) is 0 Å². The van der Waals surface area contributed by atoms with Gasteiger partial charge in [0.15, 0.2) is 0 Å². The van der Waals surface area contributed by atoms with Gasteiger partial charge in [0.1, 0.15) is 5.82 Å². The van der Waals surface area contributed by atoms with Gasteiger partial charge in [-0.2, -0.15) is 5.10 Å². The molecule has 5 heteroatoms. The maximum Gasteiger partial charge on any atom is 0.126 e. The number of pyridine rings is 1. The lowest BCUT2D eigenvalue weighted by Gasteiger charge is -2.07. The lowest BCUT2D eigenvalue weighted by molar-refractivity contribution is 0.746. The topological polar surface area (TPSA) is 68.8 Å². The van der Waals surface area contributed by atoms with E-state index < -0.39 is 0 Å². The standard InChI is InChI=1S/C13H19N5/c1-4-12-10(8-18(3)17-12)7-15-13-6-5-11(14)9(2)16-13/h5-6,8H,4,7,14H2,1-3H3,(H,15,16). The summed E-state index contributed by atoms with van der Waals surface area (Å²) in [5.74, 6) is 0.840. The normalized spacial score (nSPS) is 10.6. The molecule has 2 aromatic rings. The number of nitrogens with zero attached hydrogens (tertiary/aromatic N) is 3. The number of rotatable bonds is 4. The summed E-state index contributed by atoms with van der Waals surface area (Å²) in [5, 5.41) is 7.71. The fraction of sp³-hybridized carbons (Fsp3) is 0.385. The van der Waals surface area contributed by atoms with Crippen LogP contribution in [0.4, 0.5) is 11.5 Å². The van der Waals surface area contributed by atoms with Crippen molar-refractivity contribution >= 4 is 11.5 Å². The Hall–Kier alpha value is -2.04. The molecule has 0 radical (unpaired) electrons. The lowest BCUT2D eigenvalue weighted by Crippen LogP contribution is -2.04. The molecule has 18 heavy (non-hydrogen) atoms. The van der Waals surface area contributed by atoms with Crippen molar-refractivity contribution < 1.29 is 0 Å². The largest absolute Gasteiger partial charge is 0.397 e. The molecule has 0 atom stereocenters. The molecule has 2 heterocycles. The molecule has 0 fully saturated rings. The minimum absolute atomic E-state index is 0.719. The van der Waals surface area contributed by atoms with Crippen molar-refractivity contribution in [1.29, 1.82) is 0 Å². The highest BCUT2D eigenvalue weighted by atomic mass is 15.3. The molecule has 0 aliphatic rings. The molecule has 0 unspecified atom stereocenters. The molecule has 2 aromatic heterocycles. The van der Waals surface area contributed by atoms with Crippen molar-refractivity contribution in [3.8, 4) is 0 Å². The third kappa shape index (κ3) is 2.61. The van der Waals surface area contributed by atoms with Crippen LogP contribution in [0.3, 0.4) is 0 Å². The van der Waals surface area contributed by atoms with Gasteiger partial charge in [0.2, 0.25) is 0 Å². The zero-order valence-electron chi connectivity index (χ0n) is 11.1. The molecule has 0 saturated heterocycles. The summed E-state index contributed by atoms with van der Waals surface area (Å²) in [6, 6.07) is 3.76. The highest BCUT2D eigenvalue weighted by molar-refractivity contribution is 5.49. The number of aryl methyl sites for hydroxylation is 3. The summed E-state index contributed by atoms with van der Waals surface area (Å²) in [6.45, 7) is 4.74. The van der Waals surface area contributed by atoms with Crippen LogP contribution in [0, 0.1) is 6.92 Å². The van der Waals surface area contributed by atoms with Crippen molar-refractivity contribution in [3.63, 3.8) is 0 Å². The maximum atomic E-state index is 5.74. The summed E-state index contributed by atoms with van der Waals surface area (Å²) in [4.78, 5) is 4.39. The Morgan fingerprint density at radius 1 is 1.39 bits per heavy atom. The number of hydrogen-bond donors (Lipinski definition) is 2. The SMILES string of the molecule is CCc1nn(C)cc1CNc1ccc(N)c(C)n1. The van der Waals surface area contributed by atoms with Crippen molar-refractivity contribution in [2.45, 2.75) is 26.8 Å². The Balaban J connectivity index is 2.08. The molecule has 0 aromatic carbocycles. The predicted molar refractivity (Wildman–Crippen MR) is 73.3 cm³/mol. The molecule has 0 aliphatic heterocycles. The molecule has 0 amide bonds. The molecular formula is C13H19N5. The van der Waals surface area contributed by atoms with Crippen LogP contribution < -0.4 is 11.1 Å². The van der Waals surface area contributed by atoms with E-state index in [1.807, 2.05) is 37.0 Å². The predicted octanol–water partition coefficient (Wildman–Crippen LogP) is 1.88. The molecule has 2 rings (SSSR count). The van der Waals surface area contributed by atoms with Gasteiger partial charge in [0, 0.05) is 25.4 Å². The first-order valence-electron chi connectivity index (χ1n) is 6.08. The number of nitrogen functional groups attached to an aromatic ring is 1. The van der Waals surface area contributed by atoms with Crippen LogP contribution in [-0.2, 0) is 20.0 Å². The van der Waals surface area contributed by atoms with Crippen LogP contribution in [-0.4, -0.2) is 14.8 Å². The van der Waals surface area contributed by atoms with Crippen LogP contribution in [0.25, 0.3) is 0 Å². The second-order valence-electron chi connectivity index (χ2n) is 4.35. The number of anilines is 2. The average molecular weight is 245 g/mol. The summed E-state index contributed by atoms with van der Waals surface area (Å²) >= 11 is 0. The van der Waals surface area contributed by atoms with Gasteiger partial charge in [-0.15, -0.1) is 0 Å². The van der Waals surface area contributed by atoms with E-state index in [0.717, 1.165) is 35.9 Å². The average Bonchev–Trinajstić information content (AvgIpc) is 2.71. The van der Waals surface area contributed by atoms with Crippen molar-refractivity contribution in [3.05, 3.63) is 35.3 Å². The highest BCUT2D eigenvalue weighted by Crippen LogP contribution is 2.14. The molecule has 0 bridgehead atoms. The minimum Gasteiger partial charge on any atom is -0.397 e. The first-order chi connectivity index (χ1) is 8.60. The first-order valence-corrected chi connectivity index (χ1v) is 6.08. The van der Waals surface area contributed by atoms with Crippen molar-refractivity contribution in [1.82, 2.24) is 14.8 Å². The zero-order chi connectivity index (χ0) is 13.1.